The van der Waals surface area contributed by atoms with E-state index in [1.54, 1.807) is 11.6 Å². The van der Waals surface area contributed by atoms with Crippen molar-refractivity contribution < 1.29 is 9.53 Å². The van der Waals surface area contributed by atoms with E-state index in [0.29, 0.717) is 23.9 Å². The predicted octanol–water partition coefficient (Wildman–Crippen LogP) is 3.63. The molecule has 0 spiro atoms. The minimum Gasteiger partial charge on any atom is -0.461 e. The van der Waals surface area contributed by atoms with E-state index in [-0.39, 0.29) is 5.69 Å². The number of halogens is 1. The van der Waals surface area contributed by atoms with Crippen LogP contribution >= 0.6 is 11.6 Å². The SMILES string of the molecule is C=Cc1c(C(=O)OCC)nn(CC2=CC=CCC2)c1Cl. The average molecular weight is 293 g/mol. The van der Waals surface area contributed by atoms with Crippen LogP contribution in [0.3, 0.4) is 0 Å². The fourth-order valence-corrected chi connectivity index (χ4v) is 2.33. The quantitative estimate of drug-likeness (QED) is 0.778. The summed E-state index contributed by atoms with van der Waals surface area (Å²) in [5, 5.41) is 4.68. The molecule has 5 heteroatoms. The molecule has 0 unspecified atom stereocenters. The van der Waals surface area contributed by atoms with E-state index in [9.17, 15) is 4.79 Å². The summed E-state index contributed by atoms with van der Waals surface area (Å²) >= 11 is 6.27. The molecule has 106 valence electrons. The van der Waals surface area contributed by atoms with Crippen LogP contribution in [-0.2, 0) is 11.3 Å². The molecule has 4 nitrogen and oxygen atoms in total. The summed E-state index contributed by atoms with van der Waals surface area (Å²) in [6.07, 6.45) is 9.73. The topological polar surface area (TPSA) is 44.1 Å². The number of esters is 1. The van der Waals surface area contributed by atoms with Gasteiger partial charge in [-0.05, 0) is 25.3 Å². The van der Waals surface area contributed by atoms with Crippen LogP contribution in [0.15, 0.2) is 30.4 Å². The molecule has 1 aliphatic carbocycles. The minimum absolute atomic E-state index is 0.221. The molecule has 0 amide bonds. The fraction of sp³-hybridized carbons (Fsp3) is 0.333. The molecule has 0 saturated heterocycles. The predicted molar refractivity (Wildman–Crippen MR) is 79.7 cm³/mol. The number of hydrogen-bond donors (Lipinski definition) is 0. The summed E-state index contributed by atoms with van der Waals surface area (Å²) in [7, 11) is 0. The number of rotatable bonds is 5. The van der Waals surface area contributed by atoms with E-state index >= 15 is 0 Å². The molecule has 2 rings (SSSR count). The van der Waals surface area contributed by atoms with Gasteiger partial charge in [-0.2, -0.15) is 5.10 Å². The Labute approximate surface area is 123 Å². The lowest BCUT2D eigenvalue weighted by Gasteiger charge is -2.09. The van der Waals surface area contributed by atoms with E-state index in [0.717, 1.165) is 12.8 Å². The van der Waals surface area contributed by atoms with Crippen molar-refractivity contribution in [1.29, 1.82) is 0 Å². The summed E-state index contributed by atoms with van der Waals surface area (Å²) < 4.78 is 6.60. The second-order valence-corrected chi connectivity index (χ2v) is 4.79. The Hall–Kier alpha value is -1.81. The molecule has 1 aliphatic rings. The van der Waals surface area contributed by atoms with Gasteiger partial charge in [0.2, 0.25) is 0 Å². The first-order chi connectivity index (χ1) is 9.67. The van der Waals surface area contributed by atoms with Crippen LogP contribution in [0.4, 0.5) is 0 Å². The monoisotopic (exact) mass is 292 g/mol. The first kappa shape index (κ1) is 14.6. The maximum atomic E-state index is 11.9. The molecular weight excluding hydrogens is 276 g/mol. The molecular formula is C15H17ClN2O2. The number of allylic oxidation sites excluding steroid dienone is 4. The van der Waals surface area contributed by atoms with Gasteiger partial charge in [0.25, 0.3) is 0 Å². The van der Waals surface area contributed by atoms with Gasteiger partial charge in [0.1, 0.15) is 5.15 Å². The summed E-state index contributed by atoms with van der Waals surface area (Å²) in [6.45, 7) is 6.31. The Bertz CT molecular complexity index is 585. The first-order valence-electron chi connectivity index (χ1n) is 6.57. The Morgan fingerprint density at radius 1 is 1.65 bits per heavy atom. The van der Waals surface area contributed by atoms with Crippen LogP contribution in [0.25, 0.3) is 6.08 Å². The molecule has 0 bridgehead atoms. The van der Waals surface area contributed by atoms with Gasteiger partial charge in [-0.1, -0.05) is 42.5 Å². The lowest BCUT2D eigenvalue weighted by atomic mass is 10.1. The van der Waals surface area contributed by atoms with Crippen molar-refractivity contribution in [3.05, 3.63) is 46.8 Å². The van der Waals surface area contributed by atoms with Crippen LogP contribution in [0.1, 0.15) is 35.8 Å². The number of aromatic nitrogens is 2. The van der Waals surface area contributed by atoms with Crippen molar-refractivity contribution in [2.24, 2.45) is 0 Å². The Morgan fingerprint density at radius 2 is 2.45 bits per heavy atom. The molecule has 1 heterocycles. The fourth-order valence-electron chi connectivity index (χ4n) is 2.07. The van der Waals surface area contributed by atoms with Gasteiger partial charge in [0.15, 0.2) is 5.69 Å². The van der Waals surface area contributed by atoms with Crippen molar-refractivity contribution in [1.82, 2.24) is 9.78 Å². The molecule has 0 saturated carbocycles. The van der Waals surface area contributed by atoms with Crippen molar-refractivity contribution in [2.45, 2.75) is 26.3 Å². The number of hydrogen-bond acceptors (Lipinski definition) is 3. The highest BCUT2D eigenvalue weighted by Gasteiger charge is 2.21. The highest BCUT2D eigenvalue weighted by atomic mass is 35.5. The van der Waals surface area contributed by atoms with E-state index in [4.69, 9.17) is 16.3 Å². The second kappa shape index (κ2) is 6.57. The van der Waals surface area contributed by atoms with Crippen LogP contribution in [0.5, 0.6) is 0 Å². The zero-order valence-electron chi connectivity index (χ0n) is 11.4. The van der Waals surface area contributed by atoms with E-state index < -0.39 is 5.97 Å². The van der Waals surface area contributed by atoms with Crippen LogP contribution in [0.2, 0.25) is 5.15 Å². The third kappa shape index (κ3) is 3.02. The van der Waals surface area contributed by atoms with Crippen LogP contribution in [-0.4, -0.2) is 22.4 Å². The van der Waals surface area contributed by atoms with E-state index in [1.165, 1.54) is 11.6 Å². The smallest absolute Gasteiger partial charge is 0.359 e. The van der Waals surface area contributed by atoms with Crippen molar-refractivity contribution in [3.63, 3.8) is 0 Å². The van der Waals surface area contributed by atoms with Crippen molar-refractivity contribution >= 4 is 23.6 Å². The number of ether oxygens (including phenoxy) is 1. The lowest BCUT2D eigenvalue weighted by molar-refractivity contribution is 0.0518. The van der Waals surface area contributed by atoms with Gasteiger partial charge in [-0.25, -0.2) is 9.48 Å². The highest BCUT2D eigenvalue weighted by molar-refractivity contribution is 6.31. The second-order valence-electron chi connectivity index (χ2n) is 4.43. The zero-order valence-corrected chi connectivity index (χ0v) is 12.2. The summed E-state index contributed by atoms with van der Waals surface area (Å²) in [5.74, 6) is -0.472. The minimum atomic E-state index is -0.472. The van der Waals surface area contributed by atoms with Gasteiger partial charge in [0.05, 0.1) is 13.2 Å². The highest BCUT2D eigenvalue weighted by Crippen LogP contribution is 2.24. The molecule has 0 N–H and O–H groups in total. The average Bonchev–Trinajstić information content (AvgIpc) is 2.77. The van der Waals surface area contributed by atoms with Gasteiger partial charge in [-0.15, -0.1) is 0 Å². The Kier molecular flexibility index (Phi) is 4.79. The Morgan fingerprint density at radius 3 is 3.05 bits per heavy atom. The standard InChI is InChI=1S/C15H17ClN2O2/c1-3-12-13(15(19)20-4-2)17-18(14(12)16)10-11-8-6-5-7-9-11/h3,5-6,8H,1,4,7,9-10H2,2H3. The summed E-state index contributed by atoms with van der Waals surface area (Å²) in [6, 6.07) is 0. The normalized spacial score (nSPS) is 14.0. The molecule has 0 aliphatic heterocycles. The molecule has 0 fully saturated rings. The maximum Gasteiger partial charge on any atom is 0.359 e. The van der Waals surface area contributed by atoms with Crippen LogP contribution < -0.4 is 0 Å². The van der Waals surface area contributed by atoms with Crippen molar-refractivity contribution in [2.75, 3.05) is 6.61 Å². The van der Waals surface area contributed by atoms with E-state index in [1.807, 2.05) is 6.08 Å². The van der Waals surface area contributed by atoms with E-state index in [2.05, 4.69) is 23.8 Å². The van der Waals surface area contributed by atoms with Crippen molar-refractivity contribution in [3.8, 4) is 0 Å². The molecule has 0 aromatic carbocycles. The zero-order chi connectivity index (χ0) is 14.5. The number of nitrogens with zero attached hydrogens (tertiary/aromatic N) is 2. The van der Waals surface area contributed by atoms with Gasteiger partial charge in [0, 0.05) is 5.56 Å². The Balaban J connectivity index is 2.30. The summed E-state index contributed by atoms with van der Waals surface area (Å²) in [4.78, 5) is 11.9. The largest absolute Gasteiger partial charge is 0.461 e. The number of carbonyl (C=O) groups excluding carboxylic acids is 1. The molecule has 20 heavy (non-hydrogen) atoms. The van der Waals surface area contributed by atoms with Crippen LogP contribution in [0, 0.1) is 0 Å². The molecule has 1 aromatic heterocycles. The van der Waals surface area contributed by atoms with Gasteiger partial charge >= 0.3 is 5.97 Å². The maximum absolute atomic E-state index is 11.9. The molecule has 1 aromatic rings. The van der Waals surface area contributed by atoms with Gasteiger partial charge in [-0.3, -0.25) is 0 Å². The molecule has 0 radical (unpaired) electrons. The number of carbonyl (C=O) groups is 1. The lowest BCUT2D eigenvalue weighted by Crippen LogP contribution is -2.09. The first-order valence-corrected chi connectivity index (χ1v) is 6.95. The third-order valence-electron chi connectivity index (χ3n) is 3.05. The van der Waals surface area contributed by atoms with Gasteiger partial charge < -0.3 is 4.74 Å². The third-order valence-corrected chi connectivity index (χ3v) is 3.45. The summed E-state index contributed by atoms with van der Waals surface area (Å²) in [5.41, 5.74) is 1.97. The molecule has 0 atom stereocenters.